The Hall–Kier alpha value is -1.48. The molecule has 0 radical (unpaired) electrons. The van der Waals surface area contributed by atoms with Crippen molar-refractivity contribution in [2.75, 3.05) is 0 Å². The molecule has 0 bridgehead atoms. The van der Waals surface area contributed by atoms with Crippen LogP contribution in [-0.2, 0) is 11.2 Å². The van der Waals surface area contributed by atoms with Gasteiger partial charge in [0.25, 0.3) is 0 Å². The fourth-order valence-corrected chi connectivity index (χ4v) is 2.37. The molecule has 82 valence electrons. The van der Waals surface area contributed by atoms with Crippen LogP contribution in [0.3, 0.4) is 0 Å². The average Bonchev–Trinajstić information content (AvgIpc) is 2.65. The van der Waals surface area contributed by atoms with Crippen LogP contribution in [0.15, 0.2) is 29.6 Å². The molecule has 0 aliphatic heterocycles. The van der Waals surface area contributed by atoms with Crippen LogP contribution in [0.4, 0.5) is 0 Å². The predicted molar refractivity (Wildman–Crippen MR) is 66.7 cm³/mol. The summed E-state index contributed by atoms with van der Waals surface area (Å²) >= 11 is 1.59. The van der Waals surface area contributed by atoms with Crippen LogP contribution in [0, 0.1) is 6.92 Å². The molecule has 0 unspecified atom stereocenters. The van der Waals surface area contributed by atoms with E-state index >= 15 is 0 Å². The number of hydrogen-bond donors (Lipinski definition) is 0. The van der Waals surface area contributed by atoms with Crippen molar-refractivity contribution in [1.82, 2.24) is 4.98 Å². The number of Topliss-reactive ketones (excluding diaryl/α,β-unsaturated/α-hetero) is 1. The maximum absolute atomic E-state index is 11.0. The Morgan fingerprint density at radius 2 is 2.25 bits per heavy atom. The van der Waals surface area contributed by atoms with Crippen LogP contribution in [0.1, 0.15) is 18.2 Å². The summed E-state index contributed by atoms with van der Waals surface area (Å²) < 4.78 is 0. The maximum atomic E-state index is 11.0. The van der Waals surface area contributed by atoms with Crippen molar-refractivity contribution in [2.24, 2.45) is 0 Å². The second-order valence-electron chi connectivity index (χ2n) is 3.89. The number of carbonyl (C=O) groups excluding carboxylic acids is 1. The Kier molecular flexibility index (Phi) is 3.15. The molecule has 0 atom stereocenters. The van der Waals surface area contributed by atoms with Gasteiger partial charge in [-0.05, 0) is 19.9 Å². The third-order valence-corrected chi connectivity index (χ3v) is 3.19. The monoisotopic (exact) mass is 231 g/mol. The predicted octanol–water partition coefficient (Wildman–Crippen LogP) is 3.25. The zero-order valence-electron chi connectivity index (χ0n) is 9.36. The summed E-state index contributed by atoms with van der Waals surface area (Å²) in [5.74, 6) is 0.154. The zero-order chi connectivity index (χ0) is 11.5. The first kappa shape index (κ1) is 11.0. The lowest BCUT2D eigenvalue weighted by atomic mass is 10.1. The third kappa shape index (κ3) is 2.55. The standard InChI is InChI=1S/C13H13NOS/c1-9-4-3-5-11(6-9)13-14-12(8-16-13)7-10(2)15/h3-6,8H,7H2,1-2H3. The maximum Gasteiger partial charge on any atom is 0.135 e. The second kappa shape index (κ2) is 4.58. The van der Waals surface area contributed by atoms with E-state index in [2.05, 4.69) is 24.0 Å². The van der Waals surface area contributed by atoms with Crippen LogP contribution in [0.2, 0.25) is 0 Å². The average molecular weight is 231 g/mol. The highest BCUT2D eigenvalue weighted by molar-refractivity contribution is 7.13. The first-order chi connectivity index (χ1) is 7.65. The summed E-state index contributed by atoms with van der Waals surface area (Å²) in [5, 5.41) is 2.94. The van der Waals surface area contributed by atoms with Crippen LogP contribution < -0.4 is 0 Å². The Morgan fingerprint density at radius 3 is 2.94 bits per heavy atom. The quantitative estimate of drug-likeness (QED) is 0.811. The number of carbonyl (C=O) groups is 1. The van der Waals surface area contributed by atoms with E-state index in [1.54, 1.807) is 18.3 Å². The molecule has 2 rings (SSSR count). The van der Waals surface area contributed by atoms with Gasteiger partial charge in [-0.3, -0.25) is 4.79 Å². The van der Waals surface area contributed by atoms with Crippen molar-refractivity contribution in [3.8, 4) is 10.6 Å². The SMILES string of the molecule is CC(=O)Cc1csc(-c2cccc(C)c2)n1. The molecule has 2 aromatic rings. The minimum Gasteiger partial charge on any atom is -0.300 e. The molecular formula is C13H13NOS. The van der Waals surface area contributed by atoms with Crippen molar-refractivity contribution < 1.29 is 4.79 Å². The van der Waals surface area contributed by atoms with Crippen molar-refractivity contribution in [2.45, 2.75) is 20.3 Å². The van der Waals surface area contributed by atoms with Gasteiger partial charge in [0.05, 0.1) is 5.69 Å². The molecule has 2 nitrogen and oxygen atoms in total. The molecule has 16 heavy (non-hydrogen) atoms. The Bertz CT molecular complexity index is 516. The molecule has 0 spiro atoms. The van der Waals surface area contributed by atoms with E-state index in [4.69, 9.17) is 0 Å². The zero-order valence-corrected chi connectivity index (χ0v) is 10.2. The molecule has 1 aromatic heterocycles. The highest BCUT2D eigenvalue weighted by atomic mass is 32.1. The lowest BCUT2D eigenvalue weighted by Gasteiger charge is -1.97. The van der Waals surface area contributed by atoms with Gasteiger partial charge in [-0.2, -0.15) is 0 Å². The number of thiazole rings is 1. The molecule has 0 saturated carbocycles. The van der Waals surface area contributed by atoms with Gasteiger partial charge in [0.1, 0.15) is 10.8 Å². The van der Waals surface area contributed by atoms with Crippen LogP contribution in [-0.4, -0.2) is 10.8 Å². The first-order valence-electron chi connectivity index (χ1n) is 5.16. The molecule has 0 fully saturated rings. The highest BCUT2D eigenvalue weighted by Crippen LogP contribution is 2.24. The number of ketones is 1. The van der Waals surface area contributed by atoms with E-state index in [0.717, 1.165) is 16.3 Å². The summed E-state index contributed by atoms with van der Waals surface area (Å²) in [5.41, 5.74) is 3.22. The number of nitrogens with zero attached hydrogens (tertiary/aromatic N) is 1. The minimum atomic E-state index is 0.154. The van der Waals surface area contributed by atoms with Gasteiger partial charge in [-0.1, -0.05) is 23.8 Å². The molecule has 0 aliphatic carbocycles. The summed E-state index contributed by atoms with van der Waals surface area (Å²) in [6.45, 7) is 3.65. The Morgan fingerprint density at radius 1 is 1.44 bits per heavy atom. The molecule has 3 heteroatoms. The van der Waals surface area contributed by atoms with Crippen molar-refractivity contribution >= 4 is 17.1 Å². The van der Waals surface area contributed by atoms with Gasteiger partial charge >= 0.3 is 0 Å². The van der Waals surface area contributed by atoms with Crippen LogP contribution >= 0.6 is 11.3 Å². The first-order valence-corrected chi connectivity index (χ1v) is 6.04. The summed E-state index contributed by atoms with van der Waals surface area (Å²) in [6, 6.07) is 8.24. The molecule has 0 amide bonds. The summed E-state index contributed by atoms with van der Waals surface area (Å²) in [4.78, 5) is 15.4. The molecule has 1 heterocycles. The van der Waals surface area contributed by atoms with E-state index in [1.165, 1.54) is 5.56 Å². The minimum absolute atomic E-state index is 0.154. The Balaban J connectivity index is 2.28. The number of hydrogen-bond acceptors (Lipinski definition) is 3. The molecule has 1 aromatic carbocycles. The Labute approximate surface area is 99.0 Å². The van der Waals surface area contributed by atoms with Crippen molar-refractivity contribution in [1.29, 1.82) is 0 Å². The van der Waals surface area contributed by atoms with Gasteiger partial charge in [0.15, 0.2) is 0 Å². The summed E-state index contributed by atoms with van der Waals surface area (Å²) in [6.07, 6.45) is 0.433. The van der Waals surface area contributed by atoms with Gasteiger partial charge in [0, 0.05) is 17.4 Å². The largest absolute Gasteiger partial charge is 0.300 e. The molecular weight excluding hydrogens is 218 g/mol. The van der Waals surface area contributed by atoms with Gasteiger partial charge in [0.2, 0.25) is 0 Å². The van der Waals surface area contributed by atoms with Crippen molar-refractivity contribution in [3.05, 3.63) is 40.9 Å². The molecule has 0 saturated heterocycles. The fourth-order valence-electron chi connectivity index (χ4n) is 1.55. The topological polar surface area (TPSA) is 30.0 Å². The lowest BCUT2D eigenvalue weighted by molar-refractivity contribution is -0.116. The van der Waals surface area contributed by atoms with Gasteiger partial charge < -0.3 is 0 Å². The smallest absolute Gasteiger partial charge is 0.135 e. The number of aryl methyl sites for hydroxylation is 1. The van der Waals surface area contributed by atoms with Crippen LogP contribution in [0.25, 0.3) is 10.6 Å². The van der Waals surface area contributed by atoms with E-state index in [-0.39, 0.29) is 5.78 Å². The van der Waals surface area contributed by atoms with E-state index < -0.39 is 0 Å². The van der Waals surface area contributed by atoms with Crippen LogP contribution in [0.5, 0.6) is 0 Å². The molecule has 0 aliphatic rings. The number of aromatic nitrogens is 1. The number of rotatable bonds is 3. The number of benzene rings is 1. The fraction of sp³-hybridized carbons (Fsp3) is 0.231. The third-order valence-electron chi connectivity index (χ3n) is 2.25. The lowest BCUT2D eigenvalue weighted by Crippen LogP contribution is -1.96. The van der Waals surface area contributed by atoms with E-state index in [0.29, 0.717) is 6.42 Å². The highest BCUT2D eigenvalue weighted by Gasteiger charge is 2.06. The normalized spacial score (nSPS) is 10.4. The van der Waals surface area contributed by atoms with Gasteiger partial charge in [-0.15, -0.1) is 11.3 Å². The van der Waals surface area contributed by atoms with E-state index in [9.17, 15) is 4.79 Å². The van der Waals surface area contributed by atoms with E-state index in [1.807, 2.05) is 17.5 Å². The van der Waals surface area contributed by atoms with Crippen molar-refractivity contribution in [3.63, 3.8) is 0 Å². The summed E-state index contributed by atoms with van der Waals surface area (Å²) in [7, 11) is 0. The second-order valence-corrected chi connectivity index (χ2v) is 4.75. The molecule has 0 N–H and O–H groups in total. The van der Waals surface area contributed by atoms with Gasteiger partial charge in [-0.25, -0.2) is 4.98 Å².